The van der Waals surface area contributed by atoms with E-state index in [-0.39, 0.29) is 23.7 Å². The van der Waals surface area contributed by atoms with Gasteiger partial charge in [0, 0.05) is 60.5 Å². The van der Waals surface area contributed by atoms with Crippen LogP contribution in [0.2, 0.25) is 0 Å². The van der Waals surface area contributed by atoms with Crippen molar-refractivity contribution in [1.29, 1.82) is 0 Å². The third kappa shape index (κ3) is 5.69. The van der Waals surface area contributed by atoms with Gasteiger partial charge in [0.2, 0.25) is 0 Å². The minimum absolute atomic E-state index is 0.120. The van der Waals surface area contributed by atoms with Gasteiger partial charge in [-0.05, 0) is 62.1 Å². The quantitative estimate of drug-likeness (QED) is 0.351. The van der Waals surface area contributed by atoms with Crippen LogP contribution in [0.3, 0.4) is 0 Å². The van der Waals surface area contributed by atoms with E-state index in [1.54, 1.807) is 17.8 Å². The van der Waals surface area contributed by atoms with E-state index < -0.39 is 0 Å². The maximum atomic E-state index is 12.6. The first-order chi connectivity index (χ1) is 16.7. The maximum absolute atomic E-state index is 12.6. The first-order valence-corrected chi connectivity index (χ1v) is 12.7. The fourth-order valence-electron chi connectivity index (χ4n) is 4.19. The van der Waals surface area contributed by atoms with Gasteiger partial charge in [-0.2, -0.15) is 0 Å². The molecule has 0 radical (unpaired) electrons. The minimum Gasteiger partial charge on any atom is -0.494 e. The van der Waals surface area contributed by atoms with E-state index in [1.807, 2.05) is 36.4 Å². The Bertz CT molecular complexity index is 1130. The molecule has 1 aliphatic carbocycles. The molecule has 0 bridgehead atoms. The average Bonchev–Trinajstić information content (AvgIpc) is 3.43. The third-order valence-corrected chi connectivity index (χ3v) is 7.12. The molecule has 1 amide bonds. The summed E-state index contributed by atoms with van der Waals surface area (Å²) in [5, 5.41) is 5.73. The average molecular weight is 477 g/mol. The van der Waals surface area contributed by atoms with E-state index in [4.69, 9.17) is 4.74 Å². The molecule has 2 aliphatic rings. The molecule has 7 nitrogen and oxygen atoms in total. The van der Waals surface area contributed by atoms with E-state index in [2.05, 4.69) is 20.2 Å². The van der Waals surface area contributed by atoms with Crippen molar-refractivity contribution in [2.24, 2.45) is 5.92 Å². The van der Waals surface area contributed by atoms with Crippen LogP contribution in [-0.2, 0) is 0 Å². The number of pyridine rings is 1. The number of ketones is 1. The molecule has 1 saturated carbocycles. The summed E-state index contributed by atoms with van der Waals surface area (Å²) >= 11 is 1.45. The van der Waals surface area contributed by atoms with E-state index in [0.717, 1.165) is 67.2 Å². The molecule has 3 heterocycles. The lowest BCUT2D eigenvalue weighted by molar-refractivity contribution is 0.0931. The number of thiazole rings is 1. The molecular weight excluding hydrogens is 448 g/mol. The molecule has 1 aliphatic heterocycles. The zero-order chi connectivity index (χ0) is 23.3. The lowest BCUT2D eigenvalue weighted by Gasteiger charge is -2.16. The molecule has 2 aromatic heterocycles. The summed E-state index contributed by atoms with van der Waals surface area (Å²) in [6, 6.07) is 11.4. The van der Waals surface area contributed by atoms with Crippen LogP contribution in [0.25, 0.3) is 10.6 Å². The highest BCUT2D eigenvalue weighted by molar-refractivity contribution is 7.13. The van der Waals surface area contributed by atoms with Crippen LogP contribution < -0.4 is 10.1 Å². The lowest BCUT2D eigenvalue weighted by Crippen LogP contribution is -2.37. The van der Waals surface area contributed by atoms with Gasteiger partial charge >= 0.3 is 0 Å². The van der Waals surface area contributed by atoms with Crippen molar-refractivity contribution in [3.8, 4) is 16.3 Å². The number of rotatable bonds is 10. The second kappa shape index (κ2) is 10.4. The smallest absolute Gasteiger partial charge is 0.271 e. The Morgan fingerprint density at radius 1 is 1.15 bits per heavy atom. The molecule has 176 valence electrons. The highest BCUT2D eigenvalue weighted by Crippen LogP contribution is 2.33. The number of hydrogen-bond acceptors (Lipinski definition) is 7. The minimum atomic E-state index is -0.120. The second-order valence-electron chi connectivity index (χ2n) is 8.90. The Hall–Kier alpha value is -3.10. The van der Waals surface area contributed by atoms with Gasteiger partial charge in [0.1, 0.15) is 16.5 Å². The lowest BCUT2D eigenvalue weighted by atomic mass is 10.1. The Morgan fingerprint density at radius 3 is 2.76 bits per heavy atom. The number of aromatic nitrogens is 2. The van der Waals surface area contributed by atoms with Crippen LogP contribution >= 0.6 is 11.3 Å². The topological polar surface area (TPSA) is 84.4 Å². The normalized spacial score (nSPS) is 18.1. The van der Waals surface area contributed by atoms with Gasteiger partial charge < -0.3 is 15.0 Å². The van der Waals surface area contributed by atoms with Crippen LogP contribution in [0.5, 0.6) is 5.75 Å². The van der Waals surface area contributed by atoms with Gasteiger partial charge in [-0.15, -0.1) is 11.3 Å². The fraction of sp³-hybridized carbons (Fsp3) is 0.385. The Morgan fingerprint density at radius 2 is 2.00 bits per heavy atom. The summed E-state index contributed by atoms with van der Waals surface area (Å²) in [4.78, 5) is 35.7. The molecule has 34 heavy (non-hydrogen) atoms. The first-order valence-electron chi connectivity index (χ1n) is 11.8. The standard InChI is InChI=1S/C26H28N4O3S/c31-24(18-4-5-18)19-6-8-22(9-7-19)33-14-2-12-30-13-10-21(16-30)28-25(32)23-17-34-26(29-23)20-3-1-11-27-15-20/h1,3,6-9,11,15,17-18,21H,2,4-5,10,12-14,16H2,(H,28,32)/t21-/m0/s1. The van der Waals surface area contributed by atoms with Crippen LogP contribution in [0.1, 0.15) is 46.5 Å². The number of amides is 1. The van der Waals surface area contributed by atoms with Gasteiger partial charge in [-0.3, -0.25) is 14.6 Å². The SMILES string of the molecule is O=C(N[C@H]1CCN(CCCOc2ccc(C(=O)C3CC3)cc2)C1)c1csc(-c2cccnc2)n1. The predicted octanol–water partition coefficient (Wildman–Crippen LogP) is 4.07. The molecule has 8 heteroatoms. The Balaban J connectivity index is 1.01. The molecule has 0 unspecified atom stereocenters. The summed E-state index contributed by atoms with van der Waals surface area (Å²) in [5.74, 6) is 1.18. The molecule has 1 atom stereocenters. The van der Waals surface area contributed by atoms with Crippen molar-refractivity contribution in [2.75, 3.05) is 26.2 Å². The van der Waals surface area contributed by atoms with Crippen molar-refractivity contribution < 1.29 is 14.3 Å². The Kier molecular flexibility index (Phi) is 6.97. The van der Waals surface area contributed by atoms with Crippen molar-refractivity contribution in [3.05, 3.63) is 65.4 Å². The molecule has 2 fully saturated rings. The number of benzene rings is 1. The maximum Gasteiger partial charge on any atom is 0.271 e. The number of carbonyl (C=O) groups is 2. The van der Waals surface area contributed by atoms with Gasteiger partial charge in [0.15, 0.2) is 5.78 Å². The Labute approximate surface area is 203 Å². The zero-order valence-corrected chi connectivity index (χ0v) is 19.8. The van der Waals surface area contributed by atoms with Gasteiger partial charge in [0.05, 0.1) is 6.61 Å². The summed E-state index contributed by atoms with van der Waals surface area (Å²) in [5.41, 5.74) is 2.16. The van der Waals surface area contributed by atoms with E-state index >= 15 is 0 Å². The van der Waals surface area contributed by atoms with E-state index in [9.17, 15) is 9.59 Å². The largest absolute Gasteiger partial charge is 0.494 e. The van der Waals surface area contributed by atoms with Crippen molar-refractivity contribution in [2.45, 2.75) is 31.7 Å². The molecule has 5 rings (SSSR count). The van der Waals surface area contributed by atoms with Gasteiger partial charge in [-0.1, -0.05) is 0 Å². The summed E-state index contributed by atoms with van der Waals surface area (Å²) in [7, 11) is 0. The third-order valence-electron chi connectivity index (χ3n) is 6.23. The number of hydrogen-bond donors (Lipinski definition) is 1. The van der Waals surface area contributed by atoms with Crippen molar-refractivity contribution >= 4 is 23.0 Å². The molecule has 3 aromatic rings. The summed E-state index contributed by atoms with van der Waals surface area (Å²) in [6.07, 6.45) is 7.36. The monoisotopic (exact) mass is 476 g/mol. The molecule has 1 saturated heterocycles. The number of carbonyl (C=O) groups excluding carboxylic acids is 2. The highest BCUT2D eigenvalue weighted by Gasteiger charge is 2.30. The highest BCUT2D eigenvalue weighted by atomic mass is 32.1. The van der Waals surface area contributed by atoms with Crippen LogP contribution in [-0.4, -0.2) is 58.8 Å². The number of Topliss-reactive ketones (excluding diaryl/α,β-unsaturated/α-hetero) is 1. The number of nitrogens with zero attached hydrogens (tertiary/aromatic N) is 3. The second-order valence-corrected chi connectivity index (χ2v) is 9.76. The molecular formula is C26H28N4O3S. The molecule has 1 aromatic carbocycles. The van der Waals surface area contributed by atoms with Gasteiger partial charge in [0.25, 0.3) is 5.91 Å². The fourth-order valence-corrected chi connectivity index (χ4v) is 4.98. The molecule has 1 N–H and O–H groups in total. The first kappa shape index (κ1) is 22.7. The number of nitrogens with one attached hydrogen (secondary N) is 1. The summed E-state index contributed by atoms with van der Waals surface area (Å²) in [6.45, 7) is 3.34. The predicted molar refractivity (Wildman–Crippen MR) is 131 cm³/mol. The van der Waals surface area contributed by atoms with Gasteiger partial charge in [-0.25, -0.2) is 4.98 Å². The van der Waals surface area contributed by atoms with E-state index in [1.165, 1.54) is 11.3 Å². The summed E-state index contributed by atoms with van der Waals surface area (Å²) < 4.78 is 5.85. The van der Waals surface area contributed by atoms with Crippen molar-refractivity contribution in [1.82, 2.24) is 20.2 Å². The van der Waals surface area contributed by atoms with Crippen LogP contribution in [0.4, 0.5) is 0 Å². The van der Waals surface area contributed by atoms with Crippen molar-refractivity contribution in [3.63, 3.8) is 0 Å². The van der Waals surface area contributed by atoms with Crippen LogP contribution in [0, 0.1) is 5.92 Å². The zero-order valence-electron chi connectivity index (χ0n) is 19.0. The van der Waals surface area contributed by atoms with E-state index in [0.29, 0.717) is 12.3 Å². The van der Waals surface area contributed by atoms with Crippen LogP contribution in [0.15, 0.2) is 54.2 Å². The molecule has 0 spiro atoms. The number of ether oxygens (including phenoxy) is 1. The number of likely N-dealkylation sites (tertiary alicyclic amines) is 1.